The number of unbranched alkanes of at least 4 members (excludes halogenated alkanes) is 1. The number of rotatable bonds is 7. The Hall–Kier alpha value is -2.98. The zero-order valence-electron chi connectivity index (χ0n) is 17.4. The molecule has 0 unspecified atom stereocenters. The van der Waals surface area contributed by atoms with Crippen molar-refractivity contribution >= 4 is 27.4 Å². The van der Waals surface area contributed by atoms with E-state index in [0.717, 1.165) is 57.0 Å². The molecule has 0 spiro atoms. The lowest BCUT2D eigenvalue weighted by molar-refractivity contribution is 0.239. The smallest absolute Gasteiger partial charge is 0.121 e. The molecule has 0 saturated carbocycles. The summed E-state index contributed by atoms with van der Waals surface area (Å²) in [5.74, 6) is 0.952. The number of hydrogen-bond acceptors (Lipinski definition) is 3. The summed E-state index contributed by atoms with van der Waals surface area (Å²) in [6.07, 6.45) is 4.24. The second kappa shape index (κ2) is 8.80. The molecule has 5 rings (SSSR count). The molecule has 4 nitrogen and oxygen atoms in total. The van der Waals surface area contributed by atoms with Gasteiger partial charge >= 0.3 is 0 Å². The lowest BCUT2D eigenvalue weighted by Gasteiger charge is -2.36. The van der Waals surface area contributed by atoms with Crippen molar-refractivity contribution in [1.82, 2.24) is 9.88 Å². The molecule has 4 heteroatoms. The van der Waals surface area contributed by atoms with Gasteiger partial charge in [0.05, 0.1) is 6.61 Å². The number of hydrogen-bond donors (Lipinski definition) is 1. The van der Waals surface area contributed by atoms with Crippen LogP contribution in [0, 0.1) is 0 Å². The molecule has 1 saturated heterocycles. The SMILES string of the molecule is c1ccc2c(N3CCN(CCCCOc4ccc5cc[nH]c5c4)CC3)cccc2c1. The molecule has 1 aliphatic rings. The molecule has 0 aliphatic carbocycles. The molecule has 3 aromatic carbocycles. The average molecular weight is 400 g/mol. The standard InChI is InChI=1S/C26H29N3O/c1-2-8-24-21(6-1)7-5-9-26(24)29-17-15-28(16-18-29)14-3-4-19-30-23-11-10-22-12-13-27-25(22)20-23/h1-2,5-13,20,27H,3-4,14-19H2. The van der Waals surface area contributed by atoms with Crippen LogP contribution in [0.3, 0.4) is 0 Å². The molecular formula is C26H29N3O. The van der Waals surface area contributed by atoms with E-state index in [1.165, 1.54) is 28.3 Å². The van der Waals surface area contributed by atoms with Gasteiger partial charge in [-0.05, 0) is 54.4 Å². The van der Waals surface area contributed by atoms with E-state index < -0.39 is 0 Å². The summed E-state index contributed by atoms with van der Waals surface area (Å²) in [6.45, 7) is 6.40. The van der Waals surface area contributed by atoms with Crippen molar-refractivity contribution in [2.45, 2.75) is 12.8 Å². The molecule has 1 N–H and O–H groups in total. The number of aromatic amines is 1. The van der Waals surface area contributed by atoms with Crippen molar-refractivity contribution in [2.75, 3.05) is 44.2 Å². The lowest BCUT2D eigenvalue weighted by atomic mass is 10.1. The number of fused-ring (bicyclic) bond motifs is 2. The highest BCUT2D eigenvalue weighted by molar-refractivity contribution is 5.94. The third kappa shape index (κ3) is 4.14. The average Bonchev–Trinajstić information content (AvgIpc) is 3.27. The molecule has 0 amide bonds. The molecule has 0 bridgehead atoms. The van der Waals surface area contributed by atoms with E-state index in [2.05, 4.69) is 81.5 Å². The first kappa shape index (κ1) is 19.0. The Morgan fingerprint density at radius 2 is 1.67 bits per heavy atom. The van der Waals surface area contributed by atoms with Gasteiger partial charge in [-0.1, -0.05) is 36.4 Å². The number of H-pyrrole nitrogens is 1. The van der Waals surface area contributed by atoms with Gasteiger partial charge in [0.25, 0.3) is 0 Å². The van der Waals surface area contributed by atoms with E-state index in [1.54, 1.807) is 0 Å². The predicted molar refractivity (Wildman–Crippen MR) is 126 cm³/mol. The lowest BCUT2D eigenvalue weighted by Crippen LogP contribution is -2.46. The van der Waals surface area contributed by atoms with Gasteiger partial charge < -0.3 is 14.6 Å². The van der Waals surface area contributed by atoms with Crippen molar-refractivity contribution in [3.63, 3.8) is 0 Å². The van der Waals surface area contributed by atoms with E-state index in [1.807, 2.05) is 6.20 Å². The number of nitrogens with one attached hydrogen (secondary N) is 1. The maximum Gasteiger partial charge on any atom is 0.121 e. The second-order valence-corrected chi connectivity index (χ2v) is 8.11. The highest BCUT2D eigenvalue weighted by atomic mass is 16.5. The normalized spacial score (nSPS) is 15.1. The first-order valence-electron chi connectivity index (χ1n) is 11.0. The molecule has 0 atom stereocenters. The van der Waals surface area contributed by atoms with E-state index in [0.29, 0.717) is 0 Å². The third-order valence-electron chi connectivity index (χ3n) is 6.14. The molecule has 4 aromatic rings. The van der Waals surface area contributed by atoms with Crippen LogP contribution in [0.15, 0.2) is 72.9 Å². The van der Waals surface area contributed by atoms with E-state index in [9.17, 15) is 0 Å². The van der Waals surface area contributed by atoms with Crippen molar-refractivity contribution in [3.8, 4) is 5.75 Å². The number of aromatic nitrogens is 1. The van der Waals surface area contributed by atoms with Gasteiger partial charge in [0, 0.05) is 55.0 Å². The fourth-order valence-corrected chi connectivity index (χ4v) is 4.44. The molecule has 0 radical (unpaired) electrons. The summed E-state index contributed by atoms with van der Waals surface area (Å²) >= 11 is 0. The molecule has 2 heterocycles. The second-order valence-electron chi connectivity index (χ2n) is 8.11. The van der Waals surface area contributed by atoms with Crippen molar-refractivity contribution in [1.29, 1.82) is 0 Å². The summed E-state index contributed by atoms with van der Waals surface area (Å²) in [5.41, 5.74) is 2.51. The van der Waals surface area contributed by atoms with Gasteiger partial charge in [0.1, 0.15) is 5.75 Å². The Morgan fingerprint density at radius 3 is 2.60 bits per heavy atom. The van der Waals surface area contributed by atoms with Gasteiger partial charge in [0.2, 0.25) is 0 Å². The van der Waals surface area contributed by atoms with Gasteiger partial charge in [-0.15, -0.1) is 0 Å². The first-order chi connectivity index (χ1) is 14.9. The summed E-state index contributed by atoms with van der Waals surface area (Å²) in [6, 6.07) is 23.7. The number of ether oxygens (including phenoxy) is 1. The van der Waals surface area contributed by atoms with E-state index in [-0.39, 0.29) is 0 Å². The van der Waals surface area contributed by atoms with Crippen LogP contribution in [0.1, 0.15) is 12.8 Å². The Kier molecular flexibility index (Phi) is 5.58. The minimum atomic E-state index is 0.780. The highest BCUT2D eigenvalue weighted by Crippen LogP contribution is 2.27. The van der Waals surface area contributed by atoms with Crippen molar-refractivity contribution in [3.05, 3.63) is 72.9 Å². The van der Waals surface area contributed by atoms with Gasteiger partial charge in [-0.2, -0.15) is 0 Å². The fraction of sp³-hybridized carbons (Fsp3) is 0.308. The summed E-state index contributed by atoms with van der Waals surface area (Å²) < 4.78 is 5.94. The Balaban J connectivity index is 1.06. The largest absolute Gasteiger partial charge is 0.494 e. The Bertz CT molecular complexity index is 1110. The number of benzene rings is 3. The topological polar surface area (TPSA) is 31.5 Å². The summed E-state index contributed by atoms with van der Waals surface area (Å²) in [4.78, 5) is 8.37. The van der Waals surface area contributed by atoms with Crippen LogP contribution in [-0.4, -0.2) is 49.2 Å². The van der Waals surface area contributed by atoms with E-state index in [4.69, 9.17) is 4.74 Å². The molecule has 30 heavy (non-hydrogen) atoms. The molecule has 1 fully saturated rings. The molecular weight excluding hydrogens is 370 g/mol. The third-order valence-corrected chi connectivity index (χ3v) is 6.14. The monoisotopic (exact) mass is 399 g/mol. The molecule has 154 valence electrons. The fourth-order valence-electron chi connectivity index (χ4n) is 4.44. The van der Waals surface area contributed by atoms with Gasteiger partial charge in [-0.3, -0.25) is 4.90 Å². The maximum absolute atomic E-state index is 5.94. The summed E-state index contributed by atoms with van der Waals surface area (Å²) in [5, 5.41) is 3.92. The number of nitrogens with zero attached hydrogens (tertiary/aromatic N) is 2. The van der Waals surface area contributed by atoms with Crippen LogP contribution in [-0.2, 0) is 0 Å². The van der Waals surface area contributed by atoms with Crippen LogP contribution in [0.25, 0.3) is 21.7 Å². The van der Waals surface area contributed by atoms with Crippen LogP contribution in [0.2, 0.25) is 0 Å². The number of anilines is 1. The first-order valence-corrected chi connectivity index (χ1v) is 11.0. The Morgan fingerprint density at radius 1 is 0.800 bits per heavy atom. The maximum atomic E-state index is 5.94. The molecule has 1 aromatic heterocycles. The van der Waals surface area contributed by atoms with Crippen molar-refractivity contribution < 1.29 is 4.74 Å². The van der Waals surface area contributed by atoms with Gasteiger partial charge in [-0.25, -0.2) is 0 Å². The van der Waals surface area contributed by atoms with Crippen LogP contribution >= 0.6 is 0 Å². The predicted octanol–water partition coefficient (Wildman–Crippen LogP) is 5.30. The minimum Gasteiger partial charge on any atom is -0.494 e. The zero-order chi connectivity index (χ0) is 20.2. The van der Waals surface area contributed by atoms with Crippen LogP contribution in [0.4, 0.5) is 5.69 Å². The minimum absolute atomic E-state index is 0.780. The van der Waals surface area contributed by atoms with Crippen LogP contribution < -0.4 is 9.64 Å². The van der Waals surface area contributed by atoms with Crippen molar-refractivity contribution in [2.24, 2.45) is 0 Å². The van der Waals surface area contributed by atoms with Gasteiger partial charge in [0.15, 0.2) is 0 Å². The van der Waals surface area contributed by atoms with Crippen LogP contribution in [0.5, 0.6) is 5.75 Å². The molecule has 1 aliphatic heterocycles. The Labute approximate surface area is 178 Å². The number of piperazine rings is 1. The highest BCUT2D eigenvalue weighted by Gasteiger charge is 2.18. The van der Waals surface area contributed by atoms with E-state index >= 15 is 0 Å². The quantitative estimate of drug-likeness (QED) is 0.428. The zero-order valence-corrected chi connectivity index (χ0v) is 17.4. The summed E-state index contributed by atoms with van der Waals surface area (Å²) in [7, 11) is 0.